The van der Waals surface area contributed by atoms with Crippen LogP contribution in [0.1, 0.15) is 11.8 Å². The van der Waals surface area contributed by atoms with Crippen molar-refractivity contribution < 1.29 is 4.79 Å². The average molecular weight is 313 g/mol. The molecule has 0 fully saturated rings. The van der Waals surface area contributed by atoms with Gasteiger partial charge < -0.3 is 14.8 Å². The summed E-state index contributed by atoms with van der Waals surface area (Å²) in [5, 5.41) is 2.96. The number of nitrogens with one attached hydrogen (secondary N) is 1. The van der Waals surface area contributed by atoms with Crippen molar-refractivity contribution in [2.24, 2.45) is 0 Å². The van der Waals surface area contributed by atoms with Crippen molar-refractivity contribution in [3.05, 3.63) is 40.1 Å². The van der Waals surface area contributed by atoms with Gasteiger partial charge in [0, 0.05) is 36.9 Å². The molecule has 108 valence electrons. The zero-order chi connectivity index (χ0) is 14.5. The Morgan fingerprint density at radius 2 is 2.40 bits per heavy atom. The molecule has 0 spiro atoms. The summed E-state index contributed by atoms with van der Waals surface area (Å²) < 4.78 is 2.67. The molecule has 0 radical (unpaired) electrons. The van der Waals surface area contributed by atoms with Crippen molar-refractivity contribution in [2.75, 3.05) is 7.05 Å². The van der Waals surface area contributed by atoms with Crippen molar-refractivity contribution >= 4 is 29.0 Å². The second-order valence-electron chi connectivity index (χ2n) is 4.67. The Balaban J connectivity index is 1.81. The van der Waals surface area contributed by atoms with Gasteiger partial charge in [0.1, 0.15) is 0 Å². The van der Waals surface area contributed by atoms with E-state index in [0.717, 1.165) is 9.21 Å². The van der Waals surface area contributed by atoms with Gasteiger partial charge in [0.25, 0.3) is 0 Å². The van der Waals surface area contributed by atoms with Crippen LogP contribution >= 0.6 is 22.9 Å². The predicted octanol–water partition coefficient (Wildman–Crippen LogP) is 2.83. The molecule has 7 heteroatoms. The number of rotatable bonds is 5. The lowest BCUT2D eigenvalue weighted by molar-refractivity contribution is 0.202. The van der Waals surface area contributed by atoms with Crippen LogP contribution in [0.5, 0.6) is 0 Å². The van der Waals surface area contributed by atoms with E-state index in [1.54, 1.807) is 24.5 Å². The zero-order valence-corrected chi connectivity index (χ0v) is 13.0. The SMILES string of the molecule is C[C@@H](Cn1ccnc1)NC(=O)N(C)Cc1ccc(Cl)s1. The Morgan fingerprint density at radius 3 is 3.00 bits per heavy atom. The highest BCUT2D eigenvalue weighted by atomic mass is 35.5. The number of hydrogen-bond donors (Lipinski definition) is 1. The summed E-state index contributed by atoms with van der Waals surface area (Å²) in [6, 6.07) is 3.72. The monoisotopic (exact) mass is 312 g/mol. The molecular formula is C13H17ClN4OS. The Morgan fingerprint density at radius 1 is 1.60 bits per heavy atom. The van der Waals surface area contributed by atoms with E-state index in [2.05, 4.69) is 10.3 Å². The van der Waals surface area contributed by atoms with Crippen LogP contribution in [-0.4, -0.2) is 33.6 Å². The van der Waals surface area contributed by atoms with Crippen LogP contribution in [0.2, 0.25) is 4.34 Å². The van der Waals surface area contributed by atoms with Crippen LogP contribution in [-0.2, 0) is 13.1 Å². The van der Waals surface area contributed by atoms with Crippen LogP contribution in [0.15, 0.2) is 30.9 Å². The van der Waals surface area contributed by atoms with Gasteiger partial charge in [0.2, 0.25) is 0 Å². The van der Waals surface area contributed by atoms with Gasteiger partial charge in [-0.1, -0.05) is 11.6 Å². The standard InChI is InChI=1S/C13H17ClN4OS/c1-10(7-18-6-5-15-9-18)16-13(19)17(2)8-11-3-4-12(14)20-11/h3-6,9-10H,7-8H2,1-2H3,(H,16,19)/t10-/m0/s1. The molecule has 20 heavy (non-hydrogen) atoms. The highest BCUT2D eigenvalue weighted by Crippen LogP contribution is 2.22. The van der Waals surface area contributed by atoms with Gasteiger partial charge in [0.05, 0.1) is 17.2 Å². The number of urea groups is 1. The Hall–Kier alpha value is -1.53. The fourth-order valence-electron chi connectivity index (χ4n) is 1.82. The predicted molar refractivity (Wildman–Crippen MR) is 81.0 cm³/mol. The summed E-state index contributed by atoms with van der Waals surface area (Å²) in [4.78, 5) is 18.7. The minimum absolute atomic E-state index is 0.0334. The molecule has 0 aromatic carbocycles. The average Bonchev–Trinajstić information content (AvgIpc) is 3.01. The maximum absolute atomic E-state index is 12.1. The van der Waals surface area contributed by atoms with E-state index in [-0.39, 0.29) is 12.1 Å². The lowest BCUT2D eigenvalue weighted by Gasteiger charge is -2.21. The molecule has 0 bridgehead atoms. The van der Waals surface area contributed by atoms with Crippen LogP contribution in [0.3, 0.4) is 0 Å². The summed E-state index contributed by atoms with van der Waals surface area (Å²) in [6.07, 6.45) is 5.33. The topological polar surface area (TPSA) is 50.2 Å². The third-order valence-electron chi connectivity index (χ3n) is 2.78. The summed E-state index contributed by atoms with van der Waals surface area (Å²) >= 11 is 7.37. The maximum atomic E-state index is 12.1. The van der Waals surface area contributed by atoms with E-state index in [1.807, 2.05) is 29.8 Å². The molecular weight excluding hydrogens is 296 g/mol. The number of carbonyl (C=O) groups is 1. The quantitative estimate of drug-likeness (QED) is 0.923. The number of hydrogen-bond acceptors (Lipinski definition) is 3. The zero-order valence-electron chi connectivity index (χ0n) is 11.4. The fourth-order valence-corrected chi connectivity index (χ4v) is 2.96. The van der Waals surface area contributed by atoms with Gasteiger partial charge in [-0.3, -0.25) is 0 Å². The molecule has 0 aliphatic heterocycles. The van der Waals surface area contributed by atoms with Gasteiger partial charge in [0.15, 0.2) is 0 Å². The molecule has 0 aliphatic carbocycles. The van der Waals surface area contributed by atoms with E-state index in [4.69, 9.17) is 11.6 Å². The van der Waals surface area contributed by atoms with E-state index in [9.17, 15) is 4.79 Å². The number of aromatic nitrogens is 2. The molecule has 0 saturated carbocycles. The van der Waals surface area contributed by atoms with Crippen LogP contribution in [0, 0.1) is 0 Å². The molecule has 2 aromatic heterocycles. The van der Waals surface area contributed by atoms with Crippen molar-refractivity contribution in [1.82, 2.24) is 19.8 Å². The third kappa shape index (κ3) is 4.25. The van der Waals surface area contributed by atoms with Crippen molar-refractivity contribution in [3.63, 3.8) is 0 Å². The Labute approximate surface area is 127 Å². The normalized spacial score (nSPS) is 12.2. The summed E-state index contributed by atoms with van der Waals surface area (Å²) in [7, 11) is 1.77. The molecule has 1 atom stereocenters. The van der Waals surface area contributed by atoms with Gasteiger partial charge >= 0.3 is 6.03 Å². The van der Waals surface area contributed by atoms with Crippen molar-refractivity contribution in [1.29, 1.82) is 0 Å². The molecule has 2 heterocycles. The smallest absolute Gasteiger partial charge is 0.317 e. The summed E-state index contributed by atoms with van der Waals surface area (Å²) in [6.45, 7) is 3.22. The molecule has 2 amide bonds. The van der Waals surface area contributed by atoms with Gasteiger partial charge in [-0.2, -0.15) is 0 Å². The second-order valence-corrected chi connectivity index (χ2v) is 6.47. The first-order valence-corrected chi connectivity index (χ1v) is 7.45. The largest absolute Gasteiger partial charge is 0.335 e. The van der Waals surface area contributed by atoms with Crippen LogP contribution in [0.4, 0.5) is 4.79 Å². The van der Waals surface area contributed by atoms with Crippen LogP contribution < -0.4 is 5.32 Å². The molecule has 0 aliphatic rings. The number of carbonyl (C=O) groups excluding carboxylic acids is 1. The van der Waals surface area contributed by atoms with Gasteiger partial charge in [-0.25, -0.2) is 9.78 Å². The van der Waals surface area contributed by atoms with Crippen LogP contribution in [0.25, 0.3) is 0 Å². The highest BCUT2D eigenvalue weighted by molar-refractivity contribution is 7.16. The number of halogens is 1. The van der Waals surface area contributed by atoms with E-state index in [1.165, 1.54) is 11.3 Å². The number of amides is 2. The fraction of sp³-hybridized carbons (Fsp3) is 0.385. The first-order valence-electron chi connectivity index (χ1n) is 6.26. The first-order chi connectivity index (χ1) is 9.54. The first kappa shape index (κ1) is 14.9. The lowest BCUT2D eigenvalue weighted by atomic mass is 10.3. The van der Waals surface area contributed by atoms with E-state index in [0.29, 0.717) is 13.1 Å². The highest BCUT2D eigenvalue weighted by Gasteiger charge is 2.13. The molecule has 0 unspecified atom stereocenters. The molecule has 0 saturated heterocycles. The molecule has 5 nitrogen and oxygen atoms in total. The van der Waals surface area contributed by atoms with E-state index >= 15 is 0 Å². The minimum Gasteiger partial charge on any atom is -0.335 e. The van der Waals surface area contributed by atoms with Gasteiger partial charge in [-0.15, -0.1) is 11.3 Å². The molecule has 2 rings (SSSR count). The molecule has 2 aromatic rings. The number of imidazole rings is 1. The summed E-state index contributed by atoms with van der Waals surface area (Å²) in [5.74, 6) is 0. The Bertz CT molecular complexity index is 554. The summed E-state index contributed by atoms with van der Waals surface area (Å²) in [5.41, 5.74) is 0. The van der Waals surface area contributed by atoms with Gasteiger partial charge in [-0.05, 0) is 19.1 Å². The Kier molecular flexibility index (Phi) is 5.03. The minimum atomic E-state index is -0.0952. The number of nitrogens with zero attached hydrogens (tertiary/aromatic N) is 3. The second kappa shape index (κ2) is 6.76. The van der Waals surface area contributed by atoms with E-state index < -0.39 is 0 Å². The third-order valence-corrected chi connectivity index (χ3v) is 4.00. The number of thiophene rings is 1. The molecule has 1 N–H and O–H groups in total. The maximum Gasteiger partial charge on any atom is 0.317 e. The lowest BCUT2D eigenvalue weighted by Crippen LogP contribution is -2.43. The van der Waals surface area contributed by atoms with Crippen molar-refractivity contribution in [2.45, 2.75) is 26.1 Å². The van der Waals surface area contributed by atoms with Crippen molar-refractivity contribution in [3.8, 4) is 0 Å².